The maximum absolute atomic E-state index is 6.13. The van der Waals surface area contributed by atoms with E-state index in [9.17, 15) is 0 Å². The number of fused-ring (bicyclic) bond motifs is 3. The second-order valence-electron chi connectivity index (χ2n) is 7.11. The van der Waals surface area contributed by atoms with E-state index in [2.05, 4.69) is 79.5 Å². The van der Waals surface area contributed by atoms with Crippen LogP contribution < -0.4 is 0 Å². The van der Waals surface area contributed by atoms with E-state index in [0.717, 1.165) is 33.2 Å². The van der Waals surface area contributed by atoms with Crippen LogP contribution in [0.15, 0.2) is 83.4 Å². The number of furan rings is 1. The first-order chi connectivity index (χ1) is 13.2. The van der Waals surface area contributed by atoms with Gasteiger partial charge in [0.1, 0.15) is 11.2 Å². The van der Waals surface area contributed by atoms with Gasteiger partial charge in [0.05, 0.1) is 5.69 Å². The van der Waals surface area contributed by atoms with Gasteiger partial charge in [-0.3, -0.25) is 4.98 Å². The minimum absolute atomic E-state index is 0.905. The topological polar surface area (TPSA) is 26.0 Å². The van der Waals surface area contributed by atoms with Gasteiger partial charge in [-0.2, -0.15) is 0 Å². The summed E-state index contributed by atoms with van der Waals surface area (Å²) in [6.07, 6.45) is 1.86. The van der Waals surface area contributed by atoms with Crippen LogP contribution >= 0.6 is 0 Å². The van der Waals surface area contributed by atoms with Gasteiger partial charge in [0.25, 0.3) is 0 Å². The van der Waals surface area contributed by atoms with Gasteiger partial charge in [-0.15, -0.1) is 0 Å². The molecule has 2 aromatic heterocycles. The monoisotopic (exact) mass is 349 g/mol. The Bertz CT molecular complexity index is 1280. The number of benzene rings is 3. The lowest BCUT2D eigenvalue weighted by atomic mass is 10.0. The molecular formula is C25H19NO. The molecule has 0 radical (unpaired) electrons. The van der Waals surface area contributed by atoms with Crippen LogP contribution in [0.2, 0.25) is 0 Å². The quantitative estimate of drug-likeness (QED) is 0.345. The minimum Gasteiger partial charge on any atom is -0.456 e. The largest absolute Gasteiger partial charge is 0.456 e. The molecule has 0 atom stereocenters. The van der Waals surface area contributed by atoms with Crippen molar-refractivity contribution < 1.29 is 4.42 Å². The third-order valence-electron chi connectivity index (χ3n) is 5.07. The van der Waals surface area contributed by atoms with Crippen LogP contribution in [0.3, 0.4) is 0 Å². The highest BCUT2D eigenvalue weighted by Crippen LogP contribution is 2.34. The second-order valence-corrected chi connectivity index (χ2v) is 7.11. The maximum atomic E-state index is 6.13. The summed E-state index contributed by atoms with van der Waals surface area (Å²) in [5.74, 6) is 0. The predicted molar refractivity (Wildman–Crippen MR) is 112 cm³/mol. The third-order valence-corrected chi connectivity index (χ3v) is 5.07. The van der Waals surface area contributed by atoms with Gasteiger partial charge < -0.3 is 4.42 Å². The summed E-state index contributed by atoms with van der Waals surface area (Å²) in [4.78, 5) is 4.51. The molecule has 0 amide bonds. The lowest BCUT2D eigenvalue weighted by molar-refractivity contribution is 0.669. The molecule has 0 aliphatic carbocycles. The zero-order valence-electron chi connectivity index (χ0n) is 15.4. The van der Waals surface area contributed by atoms with Gasteiger partial charge in [-0.05, 0) is 73.0 Å². The summed E-state index contributed by atoms with van der Waals surface area (Å²) in [6.45, 7) is 4.19. The normalized spacial score (nSPS) is 11.3. The Kier molecular flexibility index (Phi) is 3.58. The molecule has 2 heterocycles. The first-order valence-corrected chi connectivity index (χ1v) is 9.14. The summed E-state index contributed by atoms with van der Waals surface area (Å²) in [5, 5.41) is 2.26. The van der Waals surface area contributed by atoms with Crippen molar-refractivity contribution in [3.63, 3.8) is 0 Å². The Morgan fingerprint density at radius 3 is 2.19 bits per heavy atom. The van der Waals surface area contributed by atoms with Crippen LogP contribution in [0.5, 0.6) is 0 Å². The number of hydrogen-bond acceptors (Lipinski definition) is 2. The van der Waals surface area contributed by atoms with E-state index in [1.165, 1.54) is 22.3 Å². The molecule has 0 saturated carbocycles. The molecule has 2 nitrogen and oxygen atoms in total. The zero-order chi connectivity index (χ0) is 18.4. The van der Waals surface area contributed by atoms with Crippen molar-refractivity contribution in [2.24, 2.45) is 0 Å². The Balaban J connectivity index is 1.65. The van der Waals surface area contributed by atoms with Crippen LogP contribution in [0.1, 0.15) is 11.1 Å². The van der Waals surface area contributed by atoms with E-state index < -0.39 is 0 Å². The van der Waals surface area contributed by atoms with E-state index in [1.54, 1.807) is 0 Å². The smallest absolute Gasteiger partial charge is 0.136 e. The van der Waals surface area contributed by atoms with Crippen molar-refractivity contribution in [2.45, 2.75) is 13.8 Å². The predicted octanol–water partition coefficient (Wildman–Crippen LogP) is 6.93. The first-order valence-electron chi connectivity index (χ1n) is 9.14. The SMILES string of the molecule is Cc1ccc(-c2ccc3c(c2)oc2ccc(-c4cc(C)ccn4)cc23)cc1. The molecule has 0 saturated heterocycles. The van der Waals surface area contributed by atoms with Crippen molar-refractivity contribution in [1.82, 2.24) is 4.98 Å². The highest BCUT2D eigenvalue weighted by Gasteiger charge is 2.10. The summed E-state index contributed by atoms with van der Waals surface area (Å²) in [6, 6.07) is 25.5. The van der Waals surface area contributed by atoms with Crippen LogP contribution in [-0.4, -0.2) is 4.98 Å². The van der Waals surface area contributed by atoms with Crippen LogP contribution in [0, 0.1) is 13.8 Å². The Hall–Kier alpha value is -3.39. The molecule has 0 bridgehead atoms. The average molecular weight is 349 g/mol. The molecule has 0 N–H and O–H groups in total. The second kappa shape index (κ2) is 6.10. The van der Waals surface area contributed by atoms with Gasteiger partial charge in [0.2, 0.25) is 0 Å². The van der Waals surface area contributed by atoms with Gasteiger partial charge in [0, 0.05) is 22.5 Å². The number of rotatable bonds is 2. The first kappa shape index (κ1) is 15.8. The van der Waals surface area contributed by atoms with Crippen molar-refractivity contribution >= 4 is 21.9 Å². The van der Waals surface area contributed by atoms with Crippen molar-refractivity contribution in [3.8, 4) is 22.4 Å². The molecule has 2 heteroatoms. The van der Waals surface area contributed by atoms with Gasteiger partial charge in [-0.25, -0.2) is 0 Å². The highest BCUT2D eigenvalue weighted by atomic mass is 16.3. The fraction of sp³-hybridized carbons (Fsp3) is 0.0800. The molecule has 0 fully saturated rings. The minimum atomic E-state index is 0.905. The lowest BCUT2D eigenvalue weighted by Crippen LogP contribution is -1.84. The van der Waals surface area contributed by atoms with Crippen molar-refractivity contribution in [2.75, 3.05) is 0 Å². The van der Waals surface area contributed by atoms with Crippen LogP contribution in [-0.2, 0) is 0 Å². The Morgan fingerprint density at radius 2 is 1.37 bits per heavy atom. The number of nitrogens with zero attached hydrogens (tertiary/aromatic N) is 1. The number of pyridine rings is 1. The van der Waals surface area contributed by atoms with E-state index in [4.69, 9.17) is 4.42 Å². The molecule has 0 unspecified atom stereocenters. The number of aryl methyl sites for hydroxylation is 2. The maximum Gasteiger partial charge on any atom is 0.136 e. The zero-order valence-corrected chi connectivity index (χ0v) is 15.4. The molecule has 0 aliphatic heterocycles. The molecule has 0 spiro atoms. The van der Waals surface area contributed by atoms with Gasteiger partial charge in [-0.1, -0.05) is 35.9 Å². The molecule has 0 aliphatic rings. The van der Waals surface area contributed by atoms with Gasteiger partial charge in [0.15, 0.2) is 0 Å². The Morgan fingerprint density at radius 1 is 0.593 bits per heavy atom. The average Bonchev–Trinajstić information content (AvgIpc) is 3.05. The summed E-state index contributed by atoms with van der Waals surface area (Å²) >= 11 is 0. The van der Waals surface area contributed by atoms with E-state index >= 15 is 0 Å². The standard InChI is InChI=1S/C25H19NO/c1-16-3-5-18(6-4-16)19-7-9-21-22-14-20(23-13-17(2)11-12-26-23)8-10-24(22)27-25(21)15-19/h3-15H,1-2H3. The van der Waals surface area contributed by atoms with Crippen LogP contribution in [0.4, 0.5) is 0 Å². The van der Waals surface area contributed by atoms with E-state index in [0.29, 0.717) is 0 Å². The molecule has 5 aromatic rings. The summed E-state index contributed by atoms with van der Waals surface area (Å²) in [7, 11) is 0. The summed E-state index contributed by atoms with van der Waals surface area (Å²) < 4.78 is 6.13. The molecule has 27 heavy (non-hydrogen) atoms. The third kappa shape index (κ3) is 2.80. The number of aromatic nitrogens is 1. The van der Waals surface area contributed by atoms with E-state index in [1.807, 2.05) is 18.3 Å². The van der Waals surface area contributed by atoms with Crippen LogP contribution in [0.25, 0.3) is 44.3 Å². The highest BCUT2D eigenvalue weighted by molar-refractivity contribution is 6.07. The molecule has 3 aromatic carbocycles. The lowest BCUT2D eigenvalue weighted by Gasteiger charge is -2.03. The fourth-order valence-electron chi connectivity index (χ4n) is 3.56. The molecule has 5 rings (SSSR count). The molecule has 130 valence electrons. The fourth-order valence-corrected chi connectivity index (χ4v) is 3.56. The van der Waals surface area contributed by atoms with E-state index in [-0.39, 0.29) is 0 Å². The van der Waals surface area contributed by atoms with Crippen molar-refractivity contribution in [3.05, 3.63) is 90.1 Å². The van der Waals surface area contributed by atoms with Gasteiger partial charge >= 0.3 is 0 Å². The molecular weight excluding hydrogens is 330 g/mol. The van der Waals surface area contributed by atoms with Crippen molar-refractivity contribution in [1.29, 1.82) is 0 Å². The Labute approximate surface area is 158 Å². The number of hydrogen-bond donors (Lipinski definition) is 0. The summed E-state index contributed by atoms with van der Waals surface area (Å²) in [5.41, 5.74) is 8.76.